The van der Waals surface area contributed by atoms with Crippen molar-refractivity contribution >= 4 is 39.9 Å². The van der Waals surface area contributed by atoms with E-state index < -0.39 is 0 Å². The van der Waals surface area contributed by atoms with Gasteiger partial charge >= 0.3 is 0 Å². The van der Waals surface area contributed by atoms with Gasteiger partial charge in [0.15, 0.2) is 0 Å². The largest absolute Gasteiger partial charge is 0.488 e. The van der Waals surface area contributed by atoms with E-state index in [0.29, 0.717) is 19.8 Å². The van der Waals surface area contributed by atoms with Crippen molar-refractivity contribution in [3.05, 3.63) is 63.1 Å². The quantitative estimate of drug-likeness (QED) is 0.532. The topological polar surface area (TPSA) is 50.7 Å². The van der Waals surface area contributed by atoms with Crippen molar-refractivity contribution in [2.75, 3.05) is 26.4 Å². The number of halogens is 3. The molecule has 2 aromatic rings. The Morgan fingerprint density at radius 3 is 2.44 bits per heavy atom. The van der Waals surface area contributed by atoms with Crippen molar-refractivity contribution in [2.45, 2.75) is 13.2 Å². The number of hydrogen-bond acceptors (Lipinski definition) is 4. The monoisotopic (exact) mass is 449 g/mol. The van der Waals surface area contributed by atoms with E-state index in [1.165, 1.54) is 0 Å². The van der Waals surface area contributed by atoms with E-state index in [4.69, 9.17) is 26.2 Å². The molecule has 4 nitrogen and oxygen atoms in total. The summed E-state index contributed by atoms with van der Waals surface area (Å²) >= 11 is 9.42. The predicted molar refractivity (Wildman–Crippen MR) is 107 cm³/mol. The highest BCUT2D eigenvalue weighted by atomic mass is 79.9. The number of hydrogen-bond donors (Lipinski definition) is 2. The highest BCUT2D eigenvalue weighted by Crippen LogP contribution is 2.27. The third-order valence-electron chi connectivity index (χ3n) is 3.29. The molecule has 0 aliphatic heterocycles. The molecule has 0 unspecified atom stereocenters. The molecule has 0 aromatic heterocycles. The molecule has 0 radical (unpaired) electrons. The lowest BCUT2D eigenvalue weighted by Crippen LogP contribution is -2.20. The summed E-state index contributed by atoms with van der Waals surface area (Å²) in [4.78, 5) is 0. The molecular weight excluding hydrogens is 429 g/mol. The van der Waals surface area contributed by atoms with E-state index in [9.17, 15) is 0 Å². The average molecular weight is 451 g/mol. The van der Waals surface area contributed by atoms with Crippen LogP contribution in [0.3, 0.4) is 0 Å². The fraction of sp³-hybridized carbons (Fsp3) is 0.333. The summed E-state index contributed by atoms with van der Waals surface area (Å²) in [5.74, 6) is 0.806. The lowest BCUT2D eigenvalue weighted by molar-refractivity contribution is 0.0938. The summed E-state index contributed by atoms with van der Waals surface area (Å²) in [7, 11) is 0. The SMILES string of the molecule is Cl.OCCOCCNCc1ccc(OCc2ccc(Cl)cc2)c(Br)c1. The van der Waals surface area contributed by atoms with Crippen molar-refractivity contribution in [1.29, 1.82) is 0 Å². The first-order valence-electron chi connectivity index (χ1n) is 7.74. The van der Waals surface area contributed by atoms with Crippen LogP contribution in [0.4, 0.5) is 0 Å². The second-order valence-corrected chi connectivity index (χ2v) is 6.48. The Kier molecular flexibility index (Phi) is 11.1. The van der Waals surface area contributed by atoms with Crippen molar-refractivity contribution < 1.29 is 14.6 Å². The van der Waals surface area contributed by atoms with Crippen molar-refractivity contribution in [3.8, 4) is 5.75 Å². The van der Waals surface area contributed by atoms with Crippen LogP contribution in [0.25, 0.3) is 0 Å². The Labute approximate surface area is 168 Å². The first-order valence-corrected chi connectivity index (χ1v) is 8.91. The molecule has 0 amide bonds. The number of aliphatic hydroxyl groups is 1. The third kappa shape index (κ3) is 8.40. The Balaban J connectivity index is 0.00000312. The zero-order valence-electron chi connectivity index (χ0n) is 13.7. The Hall–Kier alpha value is -0.820. The summed E-state index contributed by atoms with van der Waals surface area (Å²) < 4.78 is 12.0. The highest BCUT2D eigenvalue weighted by molar-refractivity contribution is 9.10. The van der Waals surface area contributed by atoms with Crippen LogP contribution in [0.5, 0.6) is 5.75 Å². The van der Waals surface area contributed by atoms with E-state index in [2.05, 4.69) is 21.2 Å². The van der Waals surface area contributed by atoms with E-state index in [-0.39, 0.29) is 19.0 Å². The molecule has 0 atom stereocenters. The van der Waals surface area contributed by atoms with Gasteiger partial charge in [-0.15, -0.1) is 12.4 Å². The molecular formula is C18H22BrCl2NO3. The van der Waals surface area contributed by atoms with E-state index in [0.717, 1.165) is 39.5 Å². The molecule has 2 N–H and O–H groups in total. The van der Waals surface area contributed by atoms with Gasteiger partial charge in [0.05, 0.1) is 24.3 Å². The second-order valence-electron chi connectivity index (χ2n) is 5.19. The molecule has 0 heterocycles. The van der Waals surface area contributed by atoms with Crippen LogP contribution in [0, 0.1) is 0 Å². The number of rotatable bonds is 10. The maximum absolute atomic E-state index is 8.62. The molecule has 2 aromatic carbocycles. The zero-order valence-corrected chi connectivity index (χ0v) is 16.9. The first kappa shape index (κ1) is 22.2. The van der Waals surface area contributed by atoms with Crippen LogP contribution >= 0.6 is 39.9 Å². The van der Waals surface area contributed by atoms with Gasteiger partial charge in [0.1, 0.15) is 12.4 Å². The van der Waals surface area contributed by atoms with Crippen molar-refractivity contribution in [1.82, 2.24) is 5.32 Å². The average Bonchev–Trinajstić information content (AvgIpc) is 2.59. The minimum atomic E-state index is 0. The molecule has 0 saturated carbocycles. The first-order chi connectivity index (χ1) is 11.7. The van der Waals surface area contributed by atoms with Gasteiger partial charge in [-0.1, -0.05) is 29.8 Å². The standard InChI is InChI=1S/C18H21BrClNO3.ClH/c19-17-11-15(12-21-7-9-23-10-8-22)3-6-18(17)24-13-14-1-4-16(20)5-2-14;/h1-6,11,21-22H,7-10,12-13H2;1H. The van der Waals surface area contributed by atoms with Gasteiger partial charge in [0.2, 0.25) is 0 Å². The molecule has 7 heteroatoms. The minimum Gasteiger partial charge on any atom is -0.488 e. The third-order valence-corrected chi connectivity index (χ3v) is 4.16. The van der Waals surface area contributed by atoms with Crippen LogP contribution in [0.2, 0.25) is 5.02 Å². The van der Waals surface area contributed by atoms with E-state index in [1.54, 1.807) is 0 Å². The van der Waals surface area contributed by atoms with Crippen LogP contribution in [-0.2, 0) is 17.9 Å². The normalized spacial score (nSPS) is 10.4. The van der Waals surface area contributed by atoms with Gasteiger partial charge in [0, 0.05) is 18.1 Å². The highest BCUT2D eigenvalue weighted by Gasteiger charge is 2.04. The number of benzene rings is 2. The lowest BCUT2D eigenvalue weighted by atomic mass is 10.2. The molecule has 0 spiro atoms. The zero-order chi connectivity index (χ0) is 17.2. The molecule has 0 saturated heterocycles. The van der Waals surface area contributed by atoms with Gasteiger partial charge in [-0.2, -0.15) is 0 Å². The molecule has 2 rings (SSSR count). The summed E-state index contributed by atoms with van der Waals surface area (Å²) in [6, 6.07) is 13.6. The molecule has 0 bridgehead atoms. The summed E-state index contributed by atoms with van der Waals surface area (Å²) in [5, 5.41) is 12.6. The van der Waals surface area contributed by atoms with Gasteiger partial charge < -0.3 is 19.9 Å². The lowest BCUT2D eigenvalue weighted by Gasteiger charge is -2.11. The second kappa shape index (κ2) is 12.5. The van der Waals surface area contributed by atoms with Crippen LogP contribution in [0.15, 0.2) is 46.9 Å². The smallest absolute Gasteiger partial charge is 0.134 e. The minimum absolute atomic E-state index is 0. The molecule has 0 aliphatic carbocycles. The Morgan fingerprint density at radius 1 is 1.04 bits per heavy atom. The van der Waals surface area contributed by atoms with Crippen LogP contribution < -0.4 is 10.1 Å². The van der Waals surface area contributed by atoms with Crippen molar-refractivity contribution in [3.63, 3.8) is 0 Å². The van der Waals surface area contributed by atoms with E-state index >= 15 is 0 Å². The van der Waals surface area contributed by atoms with Crippen LogP contribution in [-0.4, -0.2) is 31.5 Å². The predicted octanol–water partition coefficient (Wildman–Crippen LogP) is 4.20. The summed E-state index contributed by atoms with van der Waals surface area (Å²) in [6.07, 6.45) is 0. The van der Waals surface area contributed by atoms with E-state index in [1.807, 2.05) is 42.5 Å². The summed E-state index contributed by atoms with van der Waals surface area (Å²) in [6.45, 7) is 3.02. The van der Waals surface area contributed by atoms with Gasteiger partial charge in [-0.05, 0) is 51.3 Å². The summed E-state index contributed by atoms with van der Waals surface area (Å²) in [5.41, 5.74) is 2.22. The molecule has 138 valence electrons. The number of aliphatic hydroxyl groups excluding tert-OH is 1. The molecule has 0 fully saturated rings. The van der Waals surface area contributed by atoms with Crippen molar-refractivity contribution in [2.24, 2.45) is 0 Å². The fourth-order valence-electron chi connectivity index (χ4n) is 2.06. The van der Waals surface area contributed by atoms with Crippen LogP contribution in [0.1, 0.15) is 11.1 Å². The maximum Gasteiger partial charge on any atom is 0.134 e. The number of nitrogens with one attached hydrogen (secondary N) is 1. The molecule has 25 heavy (non-hydrogen) atoms. The fourth-order valence-corrected chi connectivity index (χ4v) is 2.72. The Morgan fingerprint density at radius 2 is 1.76 bits per heavy atom. The van der Waals surface area contributed by atoms with Gasteiger partial charge in [-0.3, -0.25) is 0 Å². The molecule has 0 aliphatic rings. The van der Waals surface area contributed by atoms with Gasteiger partial charge in [-0.25, -0.2) is 0 Å². The Bertz CT molecular complexity index is 626. The maximum atomic E-state index is 8.62. The number of ether oxygens (including phenoxy) is 2. The van der Waals surface area contributed by atoms with Gasteiger partial charge in [0.25, 0.3) is 0 Å².